The number of aromatic carboxylic acids is 1. The molecule has 2 aromatic rings. The average Bonchev–Trinajstić information content (AvgIpc) is 3.43. The first-order valence-corrected chi connectivity index (χ1v) is 10.8. The van der Waals surface area contributed by atoms with Crippen LogP contribution in [0.25, 0.3) is 0 Å². The Morgan fingerprint density at radius 3 is 2.58 bits per heavy atom. The number of rotatable bonds is 3. The Kier molecular flexibility index (Phi) is 3.88. The Bertz CT molecular complexity index is 1170. The fourth-order valence-corrected chi connectivity index (χ4v) is 6.30. The van der Waals surface area contributed by atoms with Gasteiger partial charge in [0.25, 0.3) is 5.69 Å². The second-order valence-corrected chi connectivity index (χ2v) is 9.06. The van der Waals surface area contributed by atoms with Crippen molar-refractivity contribution >= 4 is 17.3 Å². The van der Waals surface area contributed by atoms with Crippen LogP contribution in [0, 0.1) is 22.0 Å². The third-order valence-corrected chi connectivity index (χ3v) is 7.52. The summed E-state index contributed by atoms with van der Waals surface area (Å²) in [6.07, 6.45) is 10.7. The summed E-state index contributed by atoms with van der Waals surface area (Å²) in [5.41, 5.74) is 4.76. The molecule has 0 saturated carbocycles. The molecule has 0 radical (unpaired) electrons. The van der Waals surface area contributed by atoms with Crippen molar-refractivity contribution in [3.8, 4) is 0 Å². The number of hydrogen-bond acceptors (Lipinski definition) is 4. The summed E-state index contributed by atoms with van der Waals surface area (Å²) in [5.74, 6) is 0.0929. The molecule has 0 fully saturated rings. The fraction of sp³-hybridized carbons (Fsp3) is 0.320. The summed E-state index contributed by atoms with van der Waals surface area (Å²) in [6.45, 7) is 0.876. The van der Waals surface area contributed by atoms with Gasteiger partial charge in [0.05, 0.1) is 16.5 Å². The fourth-order valence-electron chi connectivity index (χ4n) is 6.30. The van der Waals surface area contributed by atoms with E-state index in [0.29, 0.717) is 11.5 Å². The molecule has 0 unspecified atom stereocenters. The van der Waals surface area contributed by atoms with E-state index >= 15 is 0 Å². The number of anilines is 1. The van der Waals surface area contributed by atoms with Crippen molar-refractivity contribution in [2.24, 2.45) is 11.8 Å². The molecule has 6 rings (SSSR count). The predicted octanol–water partition coefficient (Wildman–Crippen LogP) is 5.19. The number of hydrogen-bond donors (Lipinski definition) is 1. The molecule has 0 amide bonds. The minimum atomic E-state index is -0.894. The van der Waals surface area contributed by atoms with Crippen molar-refractivity contribution in [2.75, 3.05) is 11.4 Å². The first kappa shape index (κ1) is 18.4. The largest absolute Gasteiger partial charge is 0.478 e. The molecule has 0 bridgehead atoms. The highest BCUT2D eigenvalue weighted by atomic mass is 16.6. The molecule has 0 saturated heterocycles. The summed E-state index contributed by atoms with van der Waals surface area (Å²) in [4.78, 5) is 25.5. The highest BCUT2D eigenvalue weighted by molar-refractivity contribution is 5.90. The molecule has 2 aliphatic heterocycles. The van der Waals surface area contributed by atoms with E-state index in [0.717, 1.165) is 41.8 Å². The van der Waals surface area contributed by atoms with Crippen LogP contribution in [0.15, 0.2) is 60.7 Å². The van der Waals surface area contributed by atoms with Gasteiger partial charge in [-0.2, -0.15) is 0 Å². The van der Waals surface area contributed by atoms with Gasteiger partial charge in [0, 0.05) is 36.2 Å². The molecule has 0 aromatic heterocycles. The molecule has 5 atom stereocenters. The number of carboxylic acids is 1. The molecule has 6 heteroatoms. The Labute approximate surface area is 179 Å². The zero-order chi connectivity index (χ0) is 21.3. The van der Waals surface area contributed by atoms with E-state index in [2.05, 4.69) is 29.2 Å². The molecule has 2 heterocycles. The summed E-state index contributed by atoms with van der Waals surface area (Å²) < 4.78 is 0. The van der Waals surface area contributed by atoms with Gasteiger partial charge in [-0.1, -0.05) is 36.4 Å². The van der Waals surface area contributed by atoms with Crippen LogP contribution in [-0.2, 0) is 0 Å². The first-order chi connectivity index (χ1) is 15.0. The Morgan fingerprint density at radius 1 is 1.06 bits per heavy atom. The Balaban J connectivity index is 1.58. The van der Waals surface area contributed by atoms with E-state index in [4.69, 9.17) is 0 Å². The van der Waals surface area contributed by atoms with Gasteiger partial charge in [0.15, 0.2) is 0 Å². The van der Waals surface area contributed by atoms with Gasteiger partial charge >= 0.3 is 5.97 Å². The lowest BCUT2D eigenvalue weighted by Gasteiger charge is -2.51. The van der Waals surface area contributed by atoms with Crippen LogP contribution >= 0.6 is 0 Å². The van der Waals surface area contributed by atoms with Crippen molar-refractivity contribution in [1.82, 2.24) is 0 Å². The first-order valence-electron chi connectivity index (χ1n) is 10.8. The van der Waals surface area contributed by atoms with Crippen molar-refractivity contribution < 1.29 is 14.8 Å². The molecule has 156 valence electrons. The minimum Gasteiger partial charge on any atom is -0.478 e. The Morgan fingerprint density at radius 2 is 1.81 bits per heavy atom. The lowest BCUT2D eigenvalue weighted by Crippen LogP contribution is -2.46. The number of fused-ring (bicyclic) bond motifs is 4. The molecular formula is C25H22N2O4. The normalized spacial score (nSPS) is 29.4. The number of carboxylic acid groups (broad SMARTS) is 1. The molecule has 31 heavy (non-hydrogen) atoms. The summed E-state index contributed by atoms with van der Waals surface area (Å²) in [6, 6.07) is 10.8. The lowest BCUT2D eigenvalue weighted by atomic mass is 9.70. The molecule has 0 spiro atoms. The number of carbonyl (C=O) groups is 1. The zero-order valence-electron chi connectivity index (χ0n) is 16.8. The van der Waals surface area contributed by atoms with E-state index < -0.39 is 5.97 Å². The van der Waals surface area contributed by atoms with E-state index in [9.17, 15) is 20.0 Å². The second kappa shape index (κ2) is 6.54. The SMILES string of the molecule is O=C(O)c1cc2c3c(c1)[C@@H]1C=CC[C@H]1CN3[C@H](c1cccc([N+](=O)[O-])c1)[C@H]1CC=C[C@H]21. The maximum atomic E-state index is 11.9. The van der Waals surface area contributed by atoms with Gasteiger partial charge in [-0.25, -0.2) is 4.79 Å². The molecule has 6 nitrogen and oxygen atoms in total. The van der Waals surface area contributed by atoms with Gasteiger partial charge in [-0.3, -0.25) is 10.1 Å². The van der Waals surface area contributed by atoms with Crippen LogP contribution < -0.4 is 4.90 Å². The maximum absolute atomic E-state index is 11.9. The minimum absolute atomic E-state index is 0.0309. The van der Waals surface area contributed by atoms with Gasteiger partial charge in [-0.05, 0) is 53.5 Å². The van der Waals surface area contributed by atoms with Crippen LogP contribution in [0.3, 0.4) is 0 Å². The van der Waals surface area contributed by atoms with Crippen molar-refractivity contribution in [2.45, 2.75) is 30.7 Å². The zero-order valence-corrected chi connectivity index (χ0v) is 16.8. The van der Waals surface area contributed by atoms with Crippen LogP contribution in [0.2, 0.25) is 0 Å². The van der Waals surface area contributed by atoms with E-state index in [1.165, 1.54) is 0 Å². The van der Waals surface area contributed by atoms with Crippen LogP contribution in [0.4, 0.5) is 11.4 Å². The average molecular weight is 414 g/mol. The number of nitro benzene ring substituents is 1. The van der Waals surface area contributed by atoms with Gasteiger partial charge in [0.1, 0.15) is 0 Å². The third-order valence-electron chi connectivity index (χ3n) is 7.52. The Hall–Kier alpha value is -3.41. The molecule has 4 aliphatic rings. The van der Waals surface area contributed by atoms with Crippen molar-refractivity contribution in [3.05, 3.63) is 93.1 Å². The summed E-state index contributed by atoms with van der Waals surface area (Å²) >= 11 is 0. The molecule has 2 aromatic carbocycles. The van der Waals surface area contributed by atoms with Crippen molar-refractivity contribution in [1.29, 1.82) is 0 Å². The number of nitro groups is 1. The van der Waals surface area contributed by atoms with Crippen LogP contribution in [0.5, 0.6) is 0 Å². The predicted molar refractivity (Wildman–Crippen MR) is 117 cm³/mol. The monoisotopic (exact) mass is 414 g/mol. The molecule has 1 N–H and O–H groups in total. The van der Waals surface area contributed by atoms with Gasteiger partial charge in [-0.15, -0.1) is 0 Å². The van der Waals surface area contributed by atoms with Crippen LogP contribution in [-0.4, -0.2) is 22.5 Å². The van der Waals surface area contributed by atoms with E-state index in [1.807, 2.05) is 18.2 Å². The highest BCUT2D eigenvalue weighted by Gasteiger charge is 2.48. The second-order valence-electron chi connectivity index (χ2n) is 9.06. The number of nitrogens with zero attached hydrogens (tertiary/aromatic N) is 2. The standard InChI is InChI=1S/C25H22N2O4/c28-25(29)16-11-21-18-7-2-5-15(18)13-26-23(14-4-1-6-17(10-14)27(30)31)20-9-3-8-19(20)22(12-16)24(21)26/h1-4,6-8,10-12,15,18-20,23H,5,9,13H2,(H,28,29)/t15-,18+,19-,20-,23+/m0/s1. The third kappa shape index (κ3) is 2.60. The van der Waals surface area contributed by atoms with E-state index in [-0.39, 0.29) is 34.4 Å². The number of non-ortho nitro benzene ring substituents is 1. The quantitative estimate of drug-likeness (QED) is 0.425. The maximum Gasteiger partial charge on any atom is 0.335 e. The topological polar surface area (TPSA) is 83.7 Å². The summed E-state index contributed by atoms with van der Waals surface area (Å²) in [5, 5.41) is 21.2. The molecule has 2 aliphatic carbocycles. The van der Waals surface area contributed by atoms with Gasteiger partial charge in [0.2, 0.25) is 0 Å². The number of allylic oxidation sites excluding steroid dienone is 4. The lowest BCUT2D eigenvalue weighted by molar-refractivity contribution is -0.384. The summed E-state index contributed by atoms with van der Waals surface area (Å²) in [7, 11) is 0. The van der Waals surface area contributed by atoms with Crippen LogP contribution in [0.1, 0.15) is 57.8 Å². The number of benzene rings is 2. The van der Waals surface area contributed by atoms with Crippen molar-refractivity contribution in [3.63, 3.8) is 0 Å². The highest BCUT2D eigenvalue weighted by Crippen LogP contribution is 2.59. The molecular weight excluding hydrogens is 392 g/mol. The van der Waals surface area contributed by atoms with Gasteiger partial charge < -0.3 is 10.0 Å². The smallest absolute Gasteiger partial charge is 0.335 e. The van der Waals surface area contributed by atoms with E-state index in [1.54, 1.807) is 18.2 Å².